The van der Waals surface area contributed by atoms with Crippen LogP contribution in [-0.4, -0.2) is 39.9 Å². The van der Waals surface area contributed by atoms with Crippen LogP contribution >= 0.6 is 11.6 Å². The molecule has 0 radical (unpaired) electrons. The summed E-state index contributed by atoms with van der Waals surface area (Å²) in [5.41, 5.74) is 4.35. The van der Waals surface area contributed by atoms with Crippen LogP contribution in [0.5, 0.6) is 0 Å². The number of H-pyrrole nitrogens is 1. The van der Waals surface area contributed by atoms with Crippen LogP contribution < -0.4 is 0 Å². The molecule has 0 saturated heterocycles. The van der Waals surface area contributed by atoms with Gasteiger partial charge in [-0.05, 0) is 28.8 Å². The molecule has 1 aromatic heterocycles. The van der Waals surface area contributed by atoms with E-state index in [0.717, 1.165) is 23.2 Å². The van der Waals surface area contributed by atoms with Crippen molar-refractivity contribution >= 4 is 17.6 Å². The molecule has 0 aliphatic carbocycles. The van der Waals surface area contributed by atoms with Crippen LogP contribution in [0.15, 0.2) is 61.1 Å². The second-order valence-electron chi connectivity index (χ2n) is 6.67. The van der Waals surface area contributed by atoms with Gasteiger partial charge in [0.05, 0.1) is 12.0 Å². The Labute approximate surface area is 164 Å². The zero-order chi connectivity index (χ0) is 19.2. The summed E-state index contributed by atoms with van der Waals surface area (Å²) < 4.78 is 0. The Morgan fingerprint density at radius 2 is 1.44 bits per heavy atom. The first-order chi connectivity index (χ1) is 13.0. The van der Waals surface area contributed by atoms with Crippen LogP contribution in [0.3, 0.4) is 0 Å². The molecule has 140 valence electrons. The van der Waals surface area contributed by atoms with Crippen molar-refractivity contribution in [2.75, 3.05) is 14.1 Å². The Morgan fingerprint density at radius 3 is 1.96 bits per heavy atom. The molecule has 5 nitrogen and oxygen atoms in total. The molecule has 2 aromatic carbocycles. The fraction of sp³-hybridized carbons (Fsp3) is 0.238. The van der Waals surface area contributed by atoms with Gasteiger partial charge in [0.2, 0.25) is 0 Å². The van der Waals surface area contributed by atoms with Gasteiger partial charge in [-0.1, -0.05) is 48.0 Å². The van der Waals surface area contributed by atoms with Crippen molar-refractivity contribution in [3.63, 3.8) is 0 Å². The lowest BCUT2D eigenvalue weighted by molar-refractivity contribution is 0.169. The second kappa shape index (κ2) is 8.73. The molecule has 0 bridgehead atoms. The van der Waals surface area contributed by atoms with E-state index in [1.165, 1.54) is 5.56 Å². The quantitative estimate of drug-likeness (QED) is 0.689. The average Bonchev–Trinajstić information content (AvgIpc) is 3.17. The molecular weight excluding hydrogens is 360 g/mol. The molecule has 2 amide bonds. The Kier molecular flexibility index (Phi) is 6.14. The molecule has 3 aromatic rings. The predicted octanol–water partition coefficient (Wildman–Crippen LogP) is 4.34. The van der Waals surface area contributed by atoms with Crippen LogP contribution in [0.4, 0.5) is 4.79 Å². The molecule has 3 rings (SSSR count). The summed E-state index contributed by atoms with van der Waals surface area (Å²) >= 11 is 5.91. The SMILES string of the molecule is CN(Cc1ccc(Cl)cc1)C(=O)N(C)Cc1ccc(Cc2c[nH]cn2)cc1. The van der Waals surface area contributed by atoms with E-state index >= 15 is 0 Å². The van der Waals surface area contributed by atoms with Crippen molar-refractivity contribution in [1.29, 1.82) is 0 Å². The van der Waals surface area contributed by atoms with Gasteiger partial charge in [0.25, 0.3) is 0 Å². The van der Waals surface area contributed by atoms with Crippen molar-refractivity contribution in [2.45, 2.75) is 19.5 Å². The fourth-order valence-electron chi connectivity index (χ4n) is 2.92. The number of carbonyl (C=O) groups excluding carboxylic acids is 1. The Hall–Kier alpha value is -2.79. The normalized spacial score (nSPS) is 10.6. The average molecular weight is 383 g/mol. The maximum Gasteiger partial charge on any atom is 0.320 e. The number of halogens is 1. The zero-order valence-corrected chi connectivity index (χ0v) is 16.3. The van der Waals surface area contributed by atoms with Crippen LogP contribution in [0.25, 0.3) is 0 Å². The number of imidazole rings is 1. The molecule has 1 heterocycles. The van der Waals surface area contributed by atoms with Gasteiger partial charge in [-0.2, -0.15) is 0 Å². The van der Waals surface area contributed by atoms with Crippen molar-refractivity contribution in [3.05, 3.63) is 88.5 Å². The minimum atomic E-state index is -0.0226. The second-order valence-corrected chi connectivity index (χ2v) is 7.11. The molecule has 6 heteroatoms. The maximum atomic E-state index is 12.6. The number of rotatable bonds is 6. The van der Waals surface area contributed by atoms with E-state index in [2.05, 4.69) is 34.2 Å². The number of benzene rings is 2. The molecule has 0 unspecified atom stereocenters. The summed E-state index contributed by atoms with van der Waals surface area (Å²) in [6, 6.07) is 15.8. The number of carbonyl (C=O) groups is 1. The Balaban J connectivity index is 1.54. The first-order valence-corrected chi connectivity index (χ1v) is 9.15. The minimum absolute atomic E-state index is 0.0226. The molecular formula is C21H23ClN4O. The number of amides is 2. The molecule has 0 atom stereocenters. The van der Waals surface area contributed by atoms with Crippen LogP contribution in [-0.2, 0) is 19.5 Å². The first-order valence-electron chi connectivity index (χ1n) is 8.77. The van der Waals surface area contributed by atoms with Gasteiger partial charge in [-0.15, -0.1) is 0 Å². The first kappa shape index (κ1) is 19.0. The number of hydrogen-bond acceptors (Lipinski definition) is 2. The highest BCUT2D eigenvalue weighted by atomic mass is 35.5. The maximum absolute atomic E-state index is 12.6. The van der Waals surface area contributed by atoms with Gasteiger partial charge in [-0.3, -0.25) is 0 Å². The van der Waals surface area contributed by atoms with E-state index in [9.17, 15) is 4.79 Å². The molecule has 27 heavy (non-hydrogen) atoms. The van der Waals surface area contributed by atoms with Crippen molar-refractivity contribution < 1.29 is 4.79 Å². The summed E-state index contributed by atoms with van der Waals surface area (Å²) in [7, 11) is 3.62. The lowest BCUT2D eigenvalue weighted by atomic mass is 10.1. The molecule has 0 saturated carbocycles. The number of hydrogen-bond donors (Lipinski definition) is 1. The number of aromatic amines is 1. The van der Waals surface area contributed by atoms with Gasteiger partial charge in [0.15, 0.2) is 0 Å². The largest absolute Gasteiger partial charge is 0.351 e. The molecule has 1 N–H and O–H groups in total. The highest BCUT2D eigenvalue weighted by Crippen LogP contribution is 2.13. The Bertz CT molecular complexity index is 860. The van der Waals surface area contributed by atoms with Gasteiger partial charge in [-0.25, -0.2) is 9.78 Å². The predicted molar refractivity (Wildman–Crippen MR) is 108 cm³/mol. The zero-order valence-electron chi connectivity index (χ0n) is 15.5. The minimum Gasteiger partial charge on any atom is -0.351 e. The lowest BCUT2D eigenvalue weighted by Crippen LogP contribution is -2.37. The molecule has 0 spiro atoms. The van der Waals surface area contributed by atoms with Gasteiger partial charge >= 0.3 is 6.03 Å². The van der Waals surface area contributed by atoms with E-state index in [1.54, 1.807) is 23.2 Å². The smallest absolute Gasteiger partial charge is 0.320 e. The number of nitrogens with zero attached hydrogens (tertiary/aromatic N) is 3. The van der Waals surface area contributed by atoms with E-state index in [1.807, 2.05) is 37.5 Å². The van der Waals surface area contributed by atoms with Gasteiger partial charge in [0.1, 0.15) is 0 Å². The van der Waals surface area contributed by atoms with Crippen LogP contribution in [0.1, 0.15) is 22.4 Å². The van der Waals surface area contributed by atoms with Crippen LogP contribution in [0, 0.1) is 0 Å². The van der Waals surface area contributed by atoms with E-state index in [-0.39, 0.29) is 6.03 Å². The van der Waals surface area contributed by atoms with Gasteiger partial charge in [0, 0.05) is 44.8 Å². The summed E-state index contributed by atoms with van der Waals surface area (Å²) in [6.07, 6.45) is 4.38. The van der Waals surface area contributed by atoms with E-state index < -0.39 is 0 Å². The number of urea groups is 1. The summed E-state index contributed by atoms with van der Waals surface area (Å²) in [5.74, 6) is 0. The third-order valence-corrected chi connectivity index (χ3v) is 4.62. The van der Waals surface area contributed by atoms with Crippen molar-refractivity contribution in [3.8, 4) is 0 Å². The third kappa shape index (κ3) is 5.34. The summed E-state index contributed by atoms with van der Waals surface area (Å²) in [6.45, 7) is 1.11. The standard InChI is InChI=1S/C21H23ClN4O/c1-25(21(27)26(2)14-18-7-9-19(22)10-8-18)13-17-5-3-16(4-6-17)11-20-12-23-15-24-20/h3-10,12,15H,11,13-14H2,1-2H3,(H,23,24). The number of nitrogens with one attached hydrogen (secondary N) is 1. The van der Waals surface area contributed by atoms with Gasteiger partial charge < -0.3 is 14.8 Å². The van der Waals surface area contributed by atoms with Crippen LogP contribution in [0.2, 0.25) is 5.02 Å². The highest BCUT2D eigenvalue weighted by molar-refractivity contribution is 6.30. The van der Waals surface area contributed by atoms with Crippen molar-refractivity contribution in [2.24, 2.45) is 0 Å². The molecule has 0 aliphatic rings. The summed E-state index contributed by atoms with van der Waals surface area (Å²) in [5, 5.41) is 0.695. The third-order valence-electron chi connectivity index (χ3n) is 4.37. The van der Waals surface area contributed by atoms with Crippen molar-refractivity contribution in [1.82, 2.24) is 19.8 Å². The lowest BCUT2D eigenvalue weighted by Gasteiger charge is -2.25. The molecule has 0 aliphatic heterocycles. The van der Waals surface area contributed by atoms with E-state index in [0.29, 0.717) is 18.1 Å². The Morgan fingerprint density at radius 1 is 0.926 bits per heavy atom. The topological polar surface area (TPSA) is 52.2 Å². The van der Waals surface area contributed by atoms with E-state index in [4.69, 9.17) is 11.6 Å². The monoisotopic (exact) mass is 382 g/mol. The fourth-order valence-corrected chi connectivity index (χ4v) is 3.05. The summed E-state index contributed by atoms with van der Waals surface area (Å²) in [4.78, 5) is 23.2. The highest BCUT2D eigenvalue weighted by Gasteiger charge is 2.15. The molecule has 0 fully saturated rings. The number of aromatic nitrogens is 2.